The Balaban J connectivity index is 3.37. The highest BCUT2D eigenvalue weighted by Gasteiger charge is 2.28. The number of aryl methyl sites for hydroxylation is 1. The molecule has 0 heterocycles. The topological polar surface area (TPSA) is 26.3 Å². The molecular formula is C13H17ClO2. The standard InChI is InChI=1S/C13H17ClO2/c1-8-6-12(16-5)11(14)7-10(8)13(3,4)9(2)15/h6-7H,1-5H3. The third-order valence-electron chi connectivity index (χ3n) is 3.05. The molecule has 2 nitrogen and oxygen atoms in total. The summed E-state index contributed by atoms with van der Waals surface area (Å²) >= 11 is 6.08. The van der Waals surface area contributed by atoms with Crippen LogP contribution in [0.25, 0.3) is 0 Å². The minimum Gasteiger partial charge on any atom is -0.495 e. The first-order valence-corrected chi connectivity index (χ1v) is 5.54. The van der Waals surface area contributed by atoms with E-state index in [2.05, 4.69) is 0 Å². The molecule has 16 heavy (non-hydrogen) atoms. The lowest BCUT2D eigenvalue weighted by Crippen LogP contribution is -2.27. The molecule has 88 valence electrons. The van der Waals surface area contributed by atoms with Gasteiger partial charge in [0, 0.05) is 5.41 Å². The lowest BCUT2D eigenvalue weighted by Gasteiger charge is -2.24. The summed E-state index contributed by atoms with van der Waals surface area (Å²) in [5.41, 5.74) is 1.45. The van der Waals surface area contributed by atoms with Gasteiger partial charge in [-0.1, -0.05) is 11.6 Å². The fraction of sp³-hybridized carbons (Fsp3) is 0.462. The van der Waals surface area contributed by atoms with Gasteiger partial charge in [0.05, 0.1) is 12.1 Å². The molecule has 1 aromatic rings. The van der Waals surface area contributed by atoms with Crippen molar-refractivity contribution >= 4 is 17.4 Å². The lowest BCUT2D eigenvalue weighted by molar-refractivity contribution is -0.121. The molecule has 0 aliphatic heterocycles. The van der Waals surface area contributed by atoms with E-state index in [1.54, 1.807) is 14.0 Å². The van der Waals surface area contributed by atoms with E-state index in [0.717, 1.165) is 11.1 Å². The van der Waals surface area contributed by atoms with Gasteiger partial charge in [-0.3, -0.25) is 4.79 Å². The van der Waals surface area contributed by atoms with Crippen molar-refractivity contribution in [1.29, 1.82) is 0 Å². The van der Waals surface area contributed by atoms with Gasteiger partial charge in [0.1, 0.15) is 11.5 Å². The molecule has 0 aliphatic carbocycles. The van der Waals surface area contributed by atoms with Gasteiger partial charge < -0.3 is 4.74 Å². The maximum Gasteiger partial charge on any atom is 0.139 e. The minimum absolute atomic E-state index is 0.122. The summed E-state index contributed by atoms with van der Waals surface area (Å²) in [6.07, 6.45) is 0. The van der Waals surface area contributed by atoms with Crippen LogP contribution in [-0.2, 0) is 10.2 Å². The van der Waals surface area contributed by atoms with E-state index >= 15 is 0 Å². The van der Waals surface area contributed by atoms with Gasteiger partial charge in [-0.05, 0) is 51.0 Å². The highest BCUT2D eigenvalue weighted by molar-refractivity contribution is 6.32. The van der Waals surface area contributed by atoms with E-state index < -0.39 is 5.41 Å². The molecule has 1 aromatic carbocycles. The van der Waals surface area contributed by atoms with Crippen LogP contribution in [0.2, 0.25) is 5.02 Å². The Morgan fingerprint density at radius 3 is 2.38 bits per heavy atom. The molecule has 0 spiro atoms. The third kappa shape index (κ3) is 2.22. The summed E-state index contributed by atoms with van der Waals surface area (Å²) in [4.78, 5) is 11.6. The van der Waals surface area contributed by atoms with Gasteiger partial charge in [-0.2, -0.15) is 0 Å². The molecule has 0 amide bonds. The monoisotopic (exact) mass is 240 g/mol. The smallest absolute Gasteiger partial charge is 0.139 e. The first-order chi connectivity index (χ1) is 7.30. The van der Waals surface area contributed by atoms with E-state index in [1.807, 2.05) is 32.9 Å². The molecular weight excluding hydrogens is 224 g/mol. The van der Waals surface area contributed by atoms with Gasteiger partial charge in [-0.25, -0.2) is 0 Å². The first kappa shape index (κ1) is 13.0. The Hall–Kier alpha value is -1.02. The van der Waals surface area contributed by atoms with Crippen LogP contribution >= 0.6 is 11.6 Å². The fourth-order valence-electron chi connectivity index (χ4n) is 1.67. The average molecular weight is 241 g/mol. The zero-order valence-corrected chi connectivity index (χ0v) is 11.1. The summed E-state index contributed by atoms with van der Waals surface area (Å²) in [7, 11) is 1.58. The van der Waals surface area contributed by atoms with Crippen molar-refractivity contribution in [3.05, 3.63) is 28.3 Å². The van der Waals surface area contributed by atoms with Crippen molar-refractivity contribution in [3.63, 3.8) is 0 Å². The molecule has 0 aromatic heterocycles. The molecule has 0 unspecified atom stereocenters. The van der Waals surface area contributed by atoms with Gasteiger partial charge in [-0.15, -0.1) is 0 Å². The van der Waals surface area contributed by atoms with Crippen molar-refractivity contribution in [2.75, 3.05) is 7.11 Å². The number of ether oxygens (including phenoxy) is 1. The molecule has 0 radical (unpaired) electrons. The highest BCUT2D eigenvalue weighted by Crippen LogP contribution is 2.34. The SMILES string of the molecule is COc1cc(C)c(C(C)(C)C(C)=O)cc1Cl. The van der Waals surface area contributed by atoms with E-state index in [1.165, 1.54) is 0 Å². The lowest BCUT2D eigenvalue weighted by atomic mass is 9.79. The van der Waals surface area contributed by atoms with Crippen LogP contribution in [0.4, 0.5) is 0 Å². The van der Waals surface area contributed by atoms with Crippen molar-refractivity contribution in [1.82, 2.24) is 0 Å². The summed E-state index contributed by atoms with van der Waals surface area (Å²) in [5.74, 6) is 0.763. The van der Waals surface area contributed by atoms with Crippen LogP contribution in [0, 0.1) is 6.92 Å². The van der Waals surface area contributed by atoms with Crippen LogP contribution < -0.4 is 4.74 Å². The van der Waals surface area contributed by atoms with Crippen molar-refractivity contribution in [2.24, 2.45) is 0 Å². The number of halogens is 1. The predicted molar refractivity (Wildman–Crippen MR) is 66.4 cm³/mol. The van der Waals surface area contributed by atoms with Crippen molar-refractivity contribution < 1.29 is 9.53 Å². The van der Waals surface area contributed by atoms with Gasteiger partial charge in [0.15, 0.2) is 0 Å². The molecule has 1 rings (SSSR count). The van der Waals surface area contributed by atoms with Crippen LogP contribution in [0.5, 0.6) is 5.75 Å². The van der Waals surface area contributed by atoms with Gasteiger partial charge >= 0.3 is 0 Å². The highest BCUT2D eigenvalue weighted by atomic mass is 35.5. The molecule has 0 saturated heterocycles. The normalized spacial score (nSPS) is 11.4. The van der Waals surface area contributed by atoms with Gasteiger partial charge in [0.2, 0.25) is 0 Å². The maximum absolute atomic E-state index is 11.6. The van der Waals surface area contributed by atoms with Crippen LogP contribution in [0.15, 0.2) is 12.1 Å². The van der Waals surface area contributed by atoms with Crippen LogP contribution in [-0.4, -0.2) is 12.9 Å². The summed E-state index contributed by atoms with van der Waals surface area (Å²) in [6.45, 7) is 7.36. The average Bonchev–Trinajstić information content (AvgIpc) is 2.20. The molecule has 0 atom stereocenters. The van der Waals surface area contributed by atoms with E-state index in [4.69, 9.17) is 16.3 Å². The fourth-order valence-corrected chi connectivity index (χ4v) is 1.92. The molecule has 0 aliphatic rings. The number of carbonyl (C=O) groups excluding carboxylic acids is 1. The third-order valence-corrected chi connectivity index (χ3v) is 3.35. The summed E-state index contributed by atoms with van der Waals surface area (Å²) in [6, 6.07) is 3.68. The second-order valence-electron chi connectivity index (χ2n) is 4.48. The van der Waals surface area contributed by atoms with Crippen LogP contribution in [0.1, 0.15) is 31.9 Å². The molecule has 3 heteroatoms. The molecule has 0 fully saturated rings. The van der Waals surface area contributed by atoms with E-state index in [-0.39, 0.29) is 5.78 Å². The number of rotatable bonds is 3. The first-order valence-electron chi connectivity index (χ1n) is 5.16. The number of benzene rings is 1. The Morgan fingerprint density at radius 1 is 1.38 bits per heavy atom. The number of hydrogen-bond acceptors (Lipinski definition) is 2. The summed E-state index contributed by atoms with van der Waals surface area (Å²) in [5, 5.41) is 0.539. The zero-order chi connectivity index (χ0) is 12.5. The minimum atomic E-state index is -0.514. The Bertz CT molecular complexity index is 422. The number of methoxy groups -OCH3 is 1. The van der Waals surface area contributed by atoms with E-state index in [9.17, 15) is 4.79 Å². The molecule has 0 N–H and O–H groups in total. The number of Topliss-reactive ketones (excluding diaryl/α,β-unsaturated/α-hetero) is 1. The number of hydrogen-bond donors (Lipinski definition) is 0. The van der Waals surface area contributed by atoms with E-state index in [0.29, 0.717) is 10.8 Å². The predicted octanol–water partition coefficient (Wildman–Crippen LogP) is 3.52. The Kier molecular flexibility index (Phi) is 3.64. The van der Waals surface area contributed by atoms with Crippen molar-refractivity contribution in [3.8, 4) is 5.75 Å². The molecule has 0 saturated carbocycles. The maximum atomic E-state index is 11.6. The zero-order valence-electron chi connectivity index (χ0n) is 10.3. The quantitative estimate of drug-likeness (QED) is 0.808. The second kappa shape index (κ2) is 4.46. The largest absolute Gasteiger partial charge is 0.495 e. The van der Waals surface area contributed by atoms with Crippen molar-refractivity contribution in [2.45, 2.75) is 33.1 Å². The number of ketones is 1. The number of carbonyl (C=O) groups is 1. The van der Waals surface area contributed by atoms with Crippen LogP contribution in [0.3, 0.4) is 0 Å². The second-order valence-corrected chi connectivity index (χ2v) is 4.89. The Labute approximate surface area is 102 Å². The summed E-state index contributed by atoms with van der Waals surface area (Å²) < 4.78 is 5.14. The Morgan fingerprint density at radius 2 is 1.94 bits per heavy atom. The van der Waals surface area contributed by atoms with Gasteiger partial charge in [0.25, 0.3) is 0 Å². The molecule has 0 bridgehead atoms.